The average Bonchev–Trinajstić information content (AvgIpc) is 2.96. The Labute approximate surface area is 176 Å². The van der Waals surface area contributed by atoms with Gasteiger partial charge in [0.05, 0.1) is 11.5 Å². The zero-order chi connectivity index (χ0) is 21.0. The smallest absolute Gasteiger partial charge is 0.293 e. The molecule has 0 unspecified atom stereocenters. The van der Waals surface area contributed by atoms with E-state index in [1.54, 1.807) is 0 Å². The van der Waals surface area contributed by atoms with Gasteiger partial charge in [0.1, 0.15) is 5.75 Å². The first-order valence-corrected chi connectivity index (χ1v) is 10.8. The van der Waals surface area contributed by atoms with Crippen molar-refractivity contribution in [2.75, 3.05) is 13.2 Å². The van der Waals surface area contributed by atoms with Crippen LogP contribution >= 0.6 is 11.8 Å². The molecule has 2 aromatic rings. The van der Waals surface area contributed by atoms with Crippen molar-refractivity contribution >= 4 is 29.0 Å². The van der Waals surface area contributed by atoms with E-state index in [1.165, 1.54) is 4.90 Å². The Morgan fingerprint density at radius 1 is 1.14 bits per heavy atom. The van der Waals surface area contributed by atoms with Gasteiger partial charge in [-0.3, -0.25) is 14.5 Å². The zero-order valence-corrected chi connectivity index (χ0v) is 18.2. The summed E-state index contributed by atoms with van der Waals surface area (Å²) >= 11 is 1.02. The molecule has 0 aromatic heterocycles. The highest BCUT2D eigenvalue weighted by molar-refractivity contribution is 8.18. The summed E-state index contributed by atoms with van der Waals surface area (Å²) in [6, 6.07) is 14.0. The van der Waals surface area contributed by atoms with Crippen molar-refractivity contribution in [2.45, 2.75) is 40.0 Å². The van der Waals surface area contributed by atoms with E-state index in [4.69, 9.17) is 4.74 Å². The summed E-state index contributed by atoms with van der Waals surface area (Å²) < 4.78 is 5.78. The summed E-state index contributed by atoms with van der Waals surface area (Å²) in [6.07, 6.45) is 2.50. The fourth-order valence-corrected chi connectivity index (χ4v) is 4.18. The highest BCUT2D eigenvalue weighted by atomic mass is 32.2. The predicted molar refractivity (Wildman–Crippen MR) is 119 cm³/mol. The van der Waals surface area contributed by atoms with Gasteiger partial charge >= 0.3 is 0 Å². The van der Waals surface area contributed by atoms with E-state index < -0.39 is 0 Å². The SMILES string of the molecule is CCOc1cc(C)c(/C=C2\SC(=O)N(CCc3ccccc3)C2=O)cc1C(C)C. The van der Waals surface area contributed by atoms with E-state index in [2.05, 4.69) is 19.9 Å². The Morgan fingerprint density at radius 3 is 2.52 bits per heavy atom. The summed E-state index contributed by atoms with van der Waals surface area (Å²) in [4.78, 5) is 27.1. The van der Waals surface area contributed by atoms with Crippen molar-refractivity contribution in [3.8, 4) is 5.75 Å². The van der Waals surface area contributed by atoms with Crippen LogP contribution in [0.1, 0.15) is 48.9 Å². The normalized spacial score (nSPS) is 15.6. The maximum absolute atomic E-state index is 12.8. The topological polar surface area (TPSA) is 46.6 Å². The number of amides is 2. The molecule has 2 aromatic carbocycles. The maximum atomic E-state index is 12.8. The number of hydrogen-bond donors (Lipinski definition) is 0. The van der Waals surface area contributed by atoms with Crippen LogP contribution in [0.2, 0.25) is 0 Å². The molecule has 1 fully saturated rings. The van der Waals surface area contributed by atoms with Gasteiger partial charge in [0.2, 0.25) is 0 Å². The number of benzene rings is 2. The lowest BCUT2D eigenvalue weighted by atomic mass is 9.96. The molecule has 0 atom stereocenters. The molecule has 3 rings (SSSR count). The van der Waals surface area contributed by atoms with Crippen LogP contribution in [0.4, 0.5) is 4.79 Å². The lowest BCUT2D eigenvalue weighted by Gasteiger charge is -2.16. The number of thioether (sulfide) groups is 1. The summed E-state index contributed by atoms with van der Waals surface area (Å²) in [7, 11) is 0. The zero-order valence-electron chi connectivity index (χ0n) is 17.4. The first-order chi connectivity index (χ1) is 13.9. The van der Waals surface area contributed by atoms with Crippen molar-refractivity contribution < 1.29 is 14.3 Å². The van der Waals surface area contributed by atoms with Crippen molar-refractivity contribution in [1.82, 2.24) is 4.90 Å². The highest BCUT2D eigenvalue weighted by Gasteiger charge is 2.34. The van der Waals surface area contributed by atoms with Crippen LogP contribution in [-0.2, 0) is 11.2 Å². The highest BCUT2D eigenvalue weighted by Crippen LogP contribution is 2.35. The molecular weight excluding hydrogens is 382 g/mol. The van der Waals surface area contributed by atoms with Gasteiger partial charge in [-0.25, -0.2) is 0 Å². The van der Waals surface area contributed by atoms with Crippen LogP contribution in [0.3, 0.4) is 0 Å². The fraction of sp³-hybridized carbons (Fsp3) is 0.333. The monoisotopic (exact) mass is 409 g/mol. The van der Waals surface area contributed by atoms with Gasteiger partial charge in [0.15, 0.2) is 0 Å². The maximum Gasteiger partial charge on any atom is 0.293 e. The second kappa shape index (κ2) is 9.31. The predicted octanol–water partition coefficient (Wildman–Crippen LogP) is 5.80. The molecule has 2 amide bonds. The van der Waals surface area contributed by atoms with Gasteiger partial charge in [0, 0.05) is 6.54 Å². The molecular formula is C24H27NO3S. The summed E-state index contributed by atoms with van der Waals surface area (Å²) in [5, 5.41) is -0.204. The Bertz CT molecular complexity index is 935. The van der Waals surface area contributed by atoms with Gasteiger partial charge in [-0.15, -0.1) is 0 Å². The third-order valence-corrected chi connectivity index (χ3v) is 5.85. The molecule has 1 aliphatic heterocycles. The Hall–Kier alpha value is -2.53. The van der Waals surface area contributed by atoms with Crippen LogP contribution in [0.15, 0.2) is 47.4 Å². The molecule has 152 valence electrons. The fourth-order valence-electron chi connectivity index (χ4n) is 3.32. The van der Waals surface area contributed by atoms with E-state index in [0.717, 1.165) is 39.8 Å². The Kier molecular flexibility index (Phi) is 6.80. The molecule has 0 N–H and O–H groups in total. The van der Waals surface area contributed by atoms with Gasteiger partial charge in [-0.05, 0) is 78.4 Å². The van der Waals surface area contributed by atoms with E-state index >= 15 is 0 Å². The molecule has 0 bridgehead atoms. The van der Waals surface area contributed by atoms with Crippen LogP contribution in [0, 0.1) is 6.92 Å². The molecule has 0 spiro atoms. The third-order valence-electron chi connectivity index (χ3n) is 4.95. The van der Waals surface area contributed by atoms with E-state index in [1.807, 2.05) is 56.3 Å². The number of rotatable bonds is 7. The van der Waals surface area contributed by atoms with E-state index in [0.29, 0.717) is 30.4 Å². The lowest BCUT2D eigenvalue weighted by Crippen LogP contribution is -2.30. The largest absolute Gasteiger partial charge is 0.494 e. The number of carbonyl (C=O) groups excluding carboxylic acids is 2. The first kappa shape index (κ1) is 21.2. The van der Waals surface area contributed by atoms with Crippen molar-refractivity contribution in [3.63, 3.8) is 0 Å². The molecule has 0 radical (unpaired) electrons. The number of carbonyl (C=O) groups is 2. The minimum atomic E-state index is -0.213. The number of hydrogen-bond acceptors (Lipinski definition) is 4. The number of ether oxygens (including phenoxy) is 1. The minimum absolute atomic E-state index is 0.204. The molecule has 29 heavy (non-hydrogen) atoms. The minimum Gasteiger partial charge on any atom is -0.494 e. The molecule has 4 nitrogen and oxygen atoms in total. The van der Waals surface area contributed by atoms with Crippen molar-refractivity contribution in [1.29, 1.82) is 0 Å². The van der Waals surface area contributed by atoms with Crippen molar-refractivity contribution in [3.05, 3.63) is 69.6 Å². The van der Waals surface area contributed by atoms with E-state index in [9.17, 15) is 9.59 Å². The van der Waals surface area contributed by atoms with Crippen LogP contribution < -0.4 is 4.74 Å². The summed E-state index contributed by atoms with van der Waals surface area (Å²) in [5.74, 6) is 0.966. The quantitative estimate of drug-likeness (QED) is 0.543. The molecule has 0 aliphatic carbocycles. The molecule has 1 heterocycles. The number of imide groups is 1. The lowest BCUT2D eigenvalue weighted by molar-refractivity contribution is -0.122. The summed E-state index contributed by atoms with van der Waals surface area (Å²) in [6.45, 7) is 9.21. The van der Waals surface area contributed by atoms with Crippen LogP contribution in [0.25, 0.3) is 6.08 Å². The molecule has 1 aliphatic rings. The third kappa shape index (κ3) is 4.91. The molecule has 1 saturated heterocycles. The number of aryl methyl sites for hydroxylation is 1. The Morgan fingerprint density at radius 2 is 1.86 bits per heavy atom. The van der Waals surface area contributed by atoms with Crippen LogP contribution in [-0.4, -0.2) is 29.2 Å². The number of nitrogens with zero attached hydrogens (tertiary/aromatic N) is 1. The van der Waals surface area contributed by atoms with Gasteiger partial charge in [-0.1, -0.05) is 44.2 Å². The van der Waals surface area contributed by atoms with Gasteiger partial charge in [0.25, 0.3) is 11.1 Å². The standard InChI is InChI=1S/C24H27NO3S/c1-5-28-21-13-17(4)19(14-20(21)16(2)3)15-22-23(26)25(24(27)29-22)12-11-18-9-7-6-8-10-18/h6-10,13-16H,5,11-12H2,1-4H3/b22-15-. The second-order valence-corrected chi connectivity index (χ2v) is 8.40. The van der Waals surface area contributed by atoms with E-state index in [-0.39, 0.29) is 11.1 Å². The van der Waals surface area contributed by atoms with Crippen molar-refractivity contribution in [2.24, 2.45) is 0 Å². The first-order valence-electron chi connectivity index (χ1n) is 9.97. The average molecular weight is 410 g/mol. The second-order valence-electron chi connectivity index (χ2n) is 7.40. The van der Waals surface area contributed by atoms with Gasteiger partial charge in [-0.2, -0.15) is 0 Å². The Balaban J connectivity index is 1.82. The molecule has 5 heteroatoms. The molecule has 0 saturated carbocycles. The summed E-state index contributed by atoms with van der Waals surface area (Å²) in [5.41, 5.74) is 4.19. The van der Waals surface area contributed by atoms with Crippen LogP contribution in [0.5, 0.6) is 5.75 Å². The van der Waals surface area contributed by atoms with Gasteiger partial charge < -0.3 is 4.74 Å².